The third-order valence-corrected chi connectivity index (χ3v) is 4.11. The standard InChI is InChI=1S/C21H17N/c1-15-13-20(19-9-5-6-10-21(19)22-15)18-12-11-16-7-3-2-4-8-17(16)14-18/h3-14H,2H2,1H3. The van der Waals surface area contributed by atoms with Gasteiger partial charge in [-0.25, -0.2) is 0 Å². The van der Waals surface area contributed by atoms with Crippen LogP contribution in [0.5, 0.6) is 0 Å². The number of fused-ring (bicyclic) bond motifs is 2. The zero-order chi connectivity index (χ0) is 14.9. The molecule has 1 nitrogen and oxygen atoms in total. The fourth-order valence-corrected chi connectivity index (χ4v) is 3.05. The molecule has 4 rings (SSSR count). The van der Waals surface area contributed by atoms with E-state index in [-0.39, 0.29) is 0 Å². The molecule has 0 fully saturated rings. The van der Waals surface area contributed by atoms with E-state index in [0.717, 1.165) is 17.6 Å². The van der Waals surface area contributed by atoms with Gasteiger partial charge < -0.3 is 0 Å². The average molecular weight is 283 g/mol. The number of benzene rings is 2. The summed E-state index contributed by atoms with van der Waals surface area (Å²) in [5, 5.41) is 1.21. The number of hydrogen-bond acceptors (Lipinski definition) is 1. The number of hydrogen-bond donors (Lipinski definition) is 0. The maximum Gasteiger partial charge on any atom is 0.0711 e. The fraction of sp³-hybridized carbons (Fsp3) is 0.0952. The van der Waals surface area contributed by atoms with Crippen molar-refractivity contribution >= 4 is 23.1 Å². The minimum Gasteiger partial charge on any atom is -0.253 e. The number of rotatable bonds is 1. The van der Waals surface area contributed by atoms with Crippen LogP contribution < -0.4 is 0 Å². The van der Waals surface area contributed by atoms with Gasteiger partial charge >= 0.3 is 0 Å². The molecule has 0 amide bonds. The summed E-state index contributed by atoms with van der Waals surface area (Å²) in [6, 6.07) is 17.2. The Labute approximate surface area is 130 Å². The Bertz CT molecular complexity index is 916. The van der Waals surface area contributed by atoms with E-state index < -0.39 is 0 Å². The van der Waals surface area contributed by atoms with Crippen molar-refractivity contribution in [2.75, 3.05) is 0 Å². The zero-order valence-corrected chi connectivity index (χ0v) is 12.6. The molecule has 2 aromatic carbocycles. The smallest absolute Gasteiger partial charge is 0.0711 e. The molecule has 0 atom stereocenters. The van der Waals surface area contributed by atoms with Crippen LogP contribution in [0.2, 0.25) is 0 Å². The quantitative estimate of drug-likeness (QED) is 0.563. The molecule has 1 aliphatic carbocycles. The molecular weight excluding hydrogens is 266 g/mol. The van der Waals surface area contributed by atoms with Crippen LogP contribution >= 0.6 is 0 Å². The second kappa shape index (κ2) is 5.27. The molecule has 1 aromatic heterocycles. The van der Waals surface area contributed by atoms with E-state index in [9.17, 15) is 0 Å². The Balaban J connectivity index is 1.96. The van der Waals surface area contributed by atoms with Crippen molar-refractivity contribution in [3.8, 4) is 11.1 Å². The van der Waals surface area contributed by atoms with Crippen LogP contribution in [-0.4, -0.2) is 4.98 Å². The van der Waals surface area contributed by atoms with Gasteiger partial charge in [0.15, 0.2) is 0 Å². The van der Waals surface area contributed by atoms with E-state index in [1.54, 1.807) is 0 Å². The minimum atomic E-state index is 1.00. The third-order valence-electron chi connectivity index (χ3n) is 4.11. The third kappa shape index (κ3) is 2.25. The van der Waals surface area contributed by atoms with Crippen molar-refractivity contribution in [3.63, 3.8) is 0 Å². The summed E-state index contributed by atoms with van der Waals surface area (Å²) in [6.45, 7) is 2.06. The second-order valence-corrected chi connectivity index (χ2v) is 5.71. The summed E-state index contributed by atoms with van der Waals surface area (Å²) in [5.74, 6) is 0. The molecule has 106 valence electrons. The predicted octanol–water partition coefficient (Wildman–Crippen LogP) is 5.64. The van der Waals surface area contributed by atoms with E-state index in [2.05, 4.69) is 78.7 Å². The molecule has 0 saturated heterocycles. The first kappa shape index (κ1) is 13.0. The normalized spacial score (nSPS) is 13.1. The van der Waals surface area contributed by atoms with E-state index in [0.29, 0.717) is 0 Å². The van der Waals surface area contributed by atoms with Crippen molar-refractivity contribution in [1.82, 2.24) is 4.98 Å². The van der Waals surface area contributed by atoms with Crippen molar-refractivity contribution < 1.29 is 0 Å². The summed E-state index contributed by atoms with van der Waals surface area (Å²) in [4.78, 5) is 4.64. The van der Waals surface area contributed by atoms with Crippen molar-refractivity contribution in [2.24, 2.45) is 0 Å². The highest BCUT2D eigenvalue weighted by Gasteiger charge is 2.08. The van der Waals surface area contributed by atoms with Gasteiger partial charge in [0.25, 0.3) is 0 Å². The molecular formula is C21H17N. The molecule has 0 bridgehead atoms. The number of aromatic nitrogens is 1. The number of aryl methyl sites for hydroxylation is 1. The van der Waals surface area contributed by atoms with Crippen LogP contribution in [0.4, 0.5) is 0 Å². The molecule has 1 aliphatic rings. The lowest BCUT2D eigenvalue weighted by atomic mass is 9.96. The van der Waals surface area contributed by atoms with Crippen molar-refractivity contribution in [1.29, 1.82) is 0 Å². The summed E-state index contributed by atoms with van der Waals surface area (Å²) in [7, 11) is 0. The van der Waals surface area contributed by atoms with E-state index in [1.165, 1.54) is 27.6 Å². The Hall–Kier alpha value is -2.67. The Morgan fingerprint density at radius 1 is 0.864 bits per heavy atom. The lowest BCUT2D eigenvalue weighted by Gasteiger charge is -2.10. The van der Waals surface area contributed by atoms with Gasteiger partial charge in [0.2, 0.25) is 0 Å². The van der Waals surface area contributed by atoms with Gasteiger partial charge in [-0.05, 0) is 53.8 Å². The number of pyridine rings is 1. The van der Waals surface area contributed by atoms with Crippen LogP contribution in [0.25, 0.3) is 34.2 Å². The Morgan fingerprint density at radius 2 is 1.68 bits per heavy atom. The number of nitrogens with zero attached hydrogens (tertiary/aromatic N) is 1. The molecule has 1 heteroatoms. The molecule has 1 heterocycles. The van der Waals surface area contributed by atoms with Crippen LogP contribution in [0.15, 0.2) is 60.7 Å². The first-order valence-electron chi connectivity index (χ1n) is 7.65. The maximum absolute atomic E-state index is 4.64. The van der Waals surface area contributed by atoms with Crippen LogP contribution in [0.3, 0.4) is 0 Å². The van der Waals surface area contributed by atoms with Crippen molar-refractivity contribution in [2.45, 2.75) is 13.3 Å². The molecule has 0 spiro atoms. The number of para-hydroxylation sites is 1. The molecule has 0 N–H and O–H groups in total. The highest BCUT2D eigenvalue weighted by molar-refractivity contribution is 5.95. The van der Waals surface area contributed by atoms with Gasteiger partial charge in [0.1, 0.15) is 0 Å². The monoisotopic (exact) mass is 283 g/mol. The maximum atomic E-state index is 4.64. The summed E-state index contributed by atoms with van der Waals surface area (Å²) < 4.78 is 0. The fourth-order valence-electron chi connectivity index (χ4n) is 3.05. The first-order chi connectivity index (χ1) is 10.8. The van der Waals surface area contributed by atoms with Gasteiger partial charge in [-0.15, -0.1) is 0 Å². The van der Waals surface area contributed by atoms with Crippen LogP contribution in [0.1, 0.15) is 23.2 Å². The second-order valence-electron chi connectivity index (χ2n) is 5.71. The van der Waals surface area contributed by atoms with E-state index in [1.807, 2.05) is 6.07 Å². The topological polar surface area (TPSA) is 12.9 Å². The van der Waals surface area contributed by atoms with Gasteiger partial charge in [-0.1, -0.05) is 54.6 Å². The van der Waals surface area contributed by atoms with E-state index in [4.69, 9.17) is 0 Å². The highest BCUT2D eigenvalue weighted by atomic mass is 14.7. The lowest BCUT2D eigenvalue weighted by Crippen LogP contribution is -1.89. The van der Waals surface area contributed by atoms with Crippen molar-refractivity contribution in [3.05, 3.63) is 77.5 Å². The van der Waals surface area contributed by atoms with Gasteiger partial charge in [-0.3, -0.25) is 4.98 Å². The number of allylic oxidation sites excluding steroid dienone is 2. The summed E-state index contributed by atoms with van der Waals surface area (Å²) in [5.41, 5.74) is 7.19. The average Bonchev–Trinajstić information content (AvgIpc) is 2.78. The highest BCUT2D eigenvalue weighted by Crippen LogP contribution is 2.31. The largest absolute Gasteiger partial charge is 0.253 e. The summed E-state index contributed by atoms with van der Waals surface area (Å²) >= 11 is 0. The van der Waals surface area contributed by atoms with Gasteiger partial charge in [0, 0.05) is 11.1 Å². The molecule has 3 aromatic rings. The van der Waals surface area contributed by atoms with E-state index >= 15 is 0 Å². The molecule has 0 unspecified atom stereocenters. The molecule has 0 aliphatic heterocycles. The van der Waals surface area contributed by atoms with Gasteiger partial charge in [0.05, 0.1) is 5.52 Å². The SMILES string of the molecule is Cc1cc(-c2ccc3c(c2)C=CCC=C3)c2ccccc2n1. The molecule has 22 heavy (non-hydrogen) atoms. The Morgan fingerprint density at radius 3 is 2.59 bits per heavy atom. The predicted molar refractivity (Wildman–Crippen MR) is 94.6 cm³/mol. The zero-order valence-electron chi connectivity index (χ0n) is 12.6. The lowest BCUT2D eigenvalue weighted by molar-refractivity contribution is 1.26. The Kier molecular flexibility index (Phi) is 3.12. The van der Waals surface area contributed by atoms with Gasteiger partial charge in [-0.2, -0.15) is 0 Å². The first-order valence-corrected chi connectivity index (χ1v) is 7.65. The minimum absolute atomic E-state index is 1.00. The van der Waals surface area contributed by atoms with Crippen LogP contribution in [-0.2, 0) is 0 Å². The summed E-state index contributed by atoms with van der Waals surface area (Å²) in [6.07, 6.45) is 9.83. The molecule has 0 radical (unpaired) electrons. The van der Waals surface area contributed by atoms with Crippen LogP contribution in [0, 0.1) is 6.92 Å². The molecule has 0 saturated carbocycles.